The molecule has 0 saturated carbocycles. The summed E-state index contributed by atoms with van der Waals surface area (Å²) < 4.78 is 14.8. The Labute approximate surface area is 95.2 Å². The van der Waals surface area contributed by atoms with Crippen LogP contribution in [0, 0.1) is 0 Å². The van der Waals surface area contributed by atoms with Crippen LogP contribution in [-0.2, 0) is 6.65 Å². The van der Waals surface area contributed by atoms with Crippen molar-refractivity contribution in [2.75, 3.05) is 26.7 Å². The van der Waals surface area contributed by atoms with Crippen LogP contribution in [-0.4, -0.2) is 34.7 Å². The summed E-state index contributed by atoms with van der Waals surface area (Å²) in [6.45, 7) is 7.91. The summed E-state index contributed by atoms with van der Waals surface area (Å²) in [6, 6.07) is 0. The van der Waals surface area contributed by atoms with Gasteiger partial charge in [0.15, 0.2) is 0 Å². The fourth-order valence-corrected chi connectivity index (χ4v) is 156. The molecule has 0 N–H and O–H groups in total. The average Bonchev–Trinajstić information content (AvgIpc) is 3.22. The Hall–Kier alpha value is 1.39. The molecule has 10 rings (SSSR count). The molecule has 3 heteroatoms. The van der Waals surface area contributed by atoms with Gasteiger partial charge in [-0.25, -0.2) is 0 Å². The first kappa shape index (κ1) is 7.41. The molecule has 10 saturated heterocycles. The molecule has 10 fully saturated rings. The van der Waals surface area contributed by atoms with Crippen molar-refractivity contribution in [2.45, 2.75) is 46.3 Å². The maximum atomic E-state index is 2.74. The Morgan fingerprint density at radius 3 is 1.12 bits per heavy atom. The van der Waals surface area contributed by atoms with Crippen LogP contribution in [0.25, 0.3) is 0 Å². The van der Waals surface area contributed by atoms with E-state index in [-0.39, 0.29) is 0 Å². The molecule has 1 spiro atoms. The van der Waals surface area contributed by atoms with Crippen molar-refractivity contribution in [1.82, 2.24) is 0 Å². The summed E-state index contributed by atoms with van der Waals surface area (Å²) in [7, 11) is 0.846. The van der Waals surface area contributed by atoms with Gasteiger partial charge in [-0.15, -0.1) is 0 Å². The van der Waals surface area contributed by atoms with E-state index in [1.54, 1.807) is 38.2 Å². The zero-order valence-electron chi connectivity index (χ0n) is 10.9. The third-order valence-electron chi connectivity index (χ3n) is 18.1. The van der Waals surface area contributed by atoms with Gasteiger partial charge in [0.05, 0.1) is 0 Å². The van der Waals surface area contributed by atoms with Crippen molar-refractivity contribution in [3.63, 3.8) is 0 Å². The minimum atomic E-state index is -3.04. The van der Waals surface area contributed by atoms with Gasteiger partial charge in [-0.3, -0.25) is 0 Å². The van der Waals surface area contributed by atoms with Crippen LogP contribution >= 0.6 is 15.8 Å². The van der Waals surface area contributed by atoms with Gasteiger partial charge >= 0.3 is 95.4 Å². The van der Waals surface area contributed by atoms with Crippen LogP contribution in [0.3, 0.4) is 0 Å². The van der Waals surface area contributed by atoms with Crippen molar-refractivity contribution in [1.29, 1.82) is 0 Å². The first-order valence-corrected chi connectivity index (χ1v) is 19.3. The van der Waals surface area contributed by atoms with E-state index in [2.05, 4.69) is 26.7 Å². The van der Waals surface area contributed by atoms with Crippen molar-refractivity contribution in [3.8, 4) is 0 Å². The Balaban J connectivity index is 1.75. The summed E-state index contributed by atoms with van der Waals surface area (Å²) in [6.07, 6.45) is 0. The van der Waals surface area contributed by atoms with Gasteiger partial charge in [0.2, 0.25) is 0 Å². The second-order valence-corrected chi connectivity index (χ2v) is 45.4. The van der Waals surface area contributed by atoms with Gasteiger partial charge in [-0.2, -0.15) is 0 Å². The van der Waals surface area contributed by atoms with Crippen LogP contribution in [0.2, 0.25) is 38.2 Å². The van der Waals surface area contributed by atoms with E-state index >= 15 is 0 Å². The molecule has 0 aromatic carbocycles. The first-order chi connectivity index (χ1) is 7.82. The molecular weight excluding hydrogens is 282 g/mol. The summed E-state index contributed by atoms with van der Waals surface area (Å²) in [5.41, 5.74) is 0. The Kier molecular flexibility index (Phi) is 0.261. The molecule has 0 amide bonds. The molecule has 4 atom stereocenters. The fraction of sp³-hybridized carbons (Fsp3) is 1.00. The molecule has 10 aliphatic rings. The van der Waals surface area contributed by atoms with Crippen molar-refractivity contribution in [2.24, 2.45) is 0 Å². The molecule has 0 nitrogen and oxygen atoms in total. The molecule has 10 aliphatic heterocycles. The predicted octanol–water partition coefficient (Wildman–Crippen LogP) is 4.67. The van der Waals surface area contributed by atoms with E-state index < -0.39 is 6.65 Å². The van der Waals surface area contributed by atoms with Gasteiger partial charge < -0.3 is 0 Å². The van der Waals surface area contributed by atoms with E-state index in [0.29, 0.717) is 15.8 Å². The van der Waals surface area contributed by atoms with Gasteiger partial charge in [0, 0.05) is 0 Å². The number of fused-ring (bicyclic) bond motifs is 10. The van der Waals surface area contributed by atoms with Gasteiger partial charge in [0.1, 0.15) is 0 Å². The molecule has 0 aliphatic carbocycles. The molecule has 0 aromatic rings. The van der Waals surface area contributed by atoms with Crippen LogP contribution in [0.4, 0.5) is 0 Å². The summed E-state index contributed by atoms with van der Waals surface area (Å²) in [5.74, 6) is 0. The molecule has 4 unspecified atom stereocenters. The number of hydrogen-bond acceptors (Lipinski definition) is 0. The second kappa shape index (κ2) is 0.598. The van der Waals surface area contributed by atoms with Gasteiger partial charge in [-0.05, 0) is 0 Å². The average molecular weight is 302 g/mol. The van der Waals surface area contributed by atoms with Crippen LogP contribution in [0.5, 0.6) is 0 Å². The Bertz CT molecular complexity index is 908. The molecule has 0 radical (unpaired) electrons. The zero-order valence-corrected chi connectivity index (χ0v) is 14.0. The maximum absolute atomic E-state index is 3.04. The van der Waals surface area contributed by atoms with E-state index in [9.17, 15) is 0 Å². The normalized spacial score (nSPS) is 124. The third kappa shape index (κ3) is 0.0713. The van der Waals surface area contributed by atoms with E-state index in [4.69, 9.17) is 0 Å². The van der Waals surface area contributed by atoms with Crippen LogP contribution in [0.15, 0.2) is 0 Å². The summed E-state index contributed by atoms with van der Waals surface area (Å²) in [4.78, 5) is 0. The van der Waals surface area contributed by atoms with E-state index in [1.165, 1.54) is 8.04 Å². The summed E-state index contributed by atoms with van der Waals surface area (Å²) in [5, 5.41) is 0. The van der Waals surface area contributed by atoms with Crippen molar-refractivity contribution >= 4 is 15.8 Å². The molecule has 10 heterocycles. The Morgan fingerprint density at radius 2 is 1.00 bits per heavy atom. The van der Waals surface area contributed by atoms with Gasteiger partial charge in [0.25, 0.3) is 0 Å². The molecule has 92 valence electrons. The van der Waals surface area contributed by atoms with Crippen molar-refractivity contribution < 1.29 is 6.65 Å². The summed E-state index contributed by atoms with van der Waals surface area (Å²) >= 11 is 0. The standard InChI is InChI=1S/C9H15P2.C5H5.Cr/c1-10(2)8-6-5-7-9(8)11(3)4;1-2-4-5-3-1;/h5-7H,1-4H3;1-5H;. The van der Waals surface area contributed by atoms with E-state index in [0.717, 1.165) is 0 Å². The second-order valence-electron chi connectivity index (χ2n) is 12.6. The van der Waals surface area contributed by atoms with Crippen molar-refractivity contribution in [3.05, 3.63) is 0 Å². The first-order valence-electron chi connectivity index (χ1n) is 7.69. The molecule has 0 aromatic heterocycles. The number of rotatable bonds is 2. The zero-order chi connectivity index (χ0) is 11.1. The quantitative estimate of drug-likeness (QED) is 0.650. The number of hydrogen-bond donors (Lipinski definition) is 0. The minimum absolute atomic E-state index is 0.423. The van der Waals surface area contributed by atoms with Gasteiger partial charge in [-0.1, -0.05) is 0 Å². The van der Waals surface area contributed by atoms with Crippen LogP contribution < -0.4 is 0 Å². The Morgan fingerprint density at radius 1 is 0.647 bits per heavy atom. The fourth-order valence-electron chi connectivity index (χ4n) is 21.9. The topological polar surface area (TPSA) is 0 Å². The third-order valence-corrected chi connectivity index (χ3v) is 82.8. The SMILES string of the molecule is CP(C)[C]12[CH]3[CH]4[CH]5[C]1(P(C)C)[Cr]43521678[CH]2[CH]1[CH]6[CH]7[CH]28. The molecule has 0 bridgehead atoms. The van der Waals surface area contributed by atoms with E-state index in [1.807, 2.05) is 0 Å². The molecular formula is C14H20CrP2. The monoisotopic (exact) mass is 302 g/mol. The predicted molar refractivity (Wildman–Crippen MR) is 73.0 cm³/mol. The van der Waals surface area contributed by atoms with Crippen LogP contribution in [0.1, 0.15) is 0 Å². The molecule has 17 heavy (non-hydrogen) atoms.